The van der Waals surface area contributed by atoms with Crippen LogP contribution in [-0.2, 0) is 25.2 Å². The Morgan fingerprint density at radius 1 is 0.400 bits per heavy atom. The number of rotatable bonds is 0. The summed E-state index contributed by atoms with van der Waals surface area (Å²) in [5.41, 5.74) is 0. The average Bonchev–Trinajstić information content (AvgIpc) is 1.00. The Balaban J connectivity index is -0.000000000179. The van der Waals surface area contributed by atoms with E-state index in [1.165, 1.54) is 0 Å². The van der Waals surface area contributed by atoms with E-state index < -0.39 is 0 Å². The quantitative estimate of drug-likeness (QED) is 0.431. The van der Waals surface area contributed by atoms with Gasteiger partial charge in [-0.15, -0.1) is 0 Å². The molecule has 0 saturated carbocycles. The molecule has 0 rings (SSSR count). The van der Waals surface area contributed by atoms with Crippen LogP contribution in [0.3, 0.4) is 0 Å². The van der Waals surface area contributed by atoms with Crippen molar-refractivity contribution in [2.24, 2.45) is 0 Å². The Morgan fingerprint density at radius 3 is 0.400 bits per heavy atom. The Hall–Kier alpha value is 0.523. The van der Waals surface area contributed by atoms with Crippen molar-refractivity contribution in [2.45, 2.75) is 0 Å². The van der Waals surface area contributed by atoms with Crippen LogP contribution in [0.5, 0.6) is 0 Å². The van der Waals surface area contributed by atoms with Crippen LogP contribution in [0.15, 0.2) is 0 Å². The van der Waals surface area contributed by atoms with Crippen molar-refractivity contribution < 1.29 is 72.2 Å². The summed E-state index contributed by atoms with van der Waals surface area (Å²) in [4.78, 5) is 0. The fraction of sp³-hybridized carbons (Fsp3) is 0. The van der Waals surface area contributed by atoms with Crippen molar-refractivity contribution in [1.29, 1.82) is 0 Å². The molecule has 0 aliphatic heterocycles. The predicted octanol–water partition coefficient (Wildman–Crippen LogP) is -7.16. The molecule has 0 aromatic rings. The van der Waals surface area contributed by atoms with Gasteiger partial charge >= 0.3 is 28.3 Å². The molecule has 0 bridgehead atoms. The summed E-state index contributed by atoms with van der Waals surface area (Å²) >= 11 is 0.550. The molecule has 0 heterocycles. The van der Waals surface area contributed by atoms with Crippen molar-refractivity contribution in [3.8, 4) is 0 Å². The van der Waals surface area contributed by atoms with Crippen LogP contribution < -0.4 is 0 Å². The van der Waals surface area contributed by atoms with Crippen LogP contribution in [0.2, 0.25) is 0 Å². The van der Waals surface area contributed by atoms with E-state index in [0.29, 0.717) is 25.2 Å². The summed E-state index contributed by atoms with van der Waals surface area (Å²) in [6.07, 6.45) is 0. The third kappa shape index (κ3) is 1760. The zero-order valence-electron chi connectivity index (χ0n) is 4.95. The minimum atomic E-state index is 0. The fourth-order valence-corrected chi connectivity index (χ4v) is 0. The van der Waals surface area contributed by atoms with Gasteiger partial charge in [-0.05, 0) is 0 Å². The molecule has 0 atom stereocenters. The molecule has 75 valence electrons. The molecular weight excluding hydrogens is 235 g/mol. The van der Waals surface area contributed by atoms with E-state index in [4.69, 9.17) is 3.18 Å². The molecule has 0 aromatic carbocycles. The Bertz CT molecular complexity index is 4.69. The van der Waals surface area contributed by atoms with Gasteiger partial charge < -0.3 is 43.8 Å². The van der Waals surface area contributed by atoms with Gasteiger partial charge in [-0.1, -0.05) is 0 Å². The van der Waals surface area contributed by atoms with Crippen LogP contribution in [-0.4, -0.2) is 47.0 Å². The monoisotopic (exact) mass is 251 g/mol. The molecule has 10 heteroatoms. The summed E-state index contributed by atoms with van der Waals surface area (Å²) < 4.78 is 7.09. The van der Waals surface area contributed by atoms with Crippen LogP contribution in [0.1, 0.15) is 0 Å². The summed E-state index contributed by atoms with van der Waals surface area (Å²) in [5.74, 6) is 0. The fourth-order valence-electron chi connectivity index (χ4n) is 0. The Morgan fingerprint density at radius 2 is 0.400 bits per heavy atom. The van der Waals surface area contributed by atoms with Crippen molar-refractivity contribution in [1.82, 2.24) is 0 Å². The van der Waals surface area contributed by atoms with E-state index in [1.54, 1.807) is 0 Å². The first kappa shape index (κ1) is 411. The van der Waals surface area contributed by atoms with E-state index in [1.807, 2.05) is 0 Å². The first-order valence-corrected chi connectivity index (χ1v) is 1.32. The molecule has 0 saturated heterocycles. The first-order valence-electron chi connectivity index (χ1n) is 0.224. The maximum atomic E-state index is 7.09. The van der Waals surface area contributed by atoms with E-state index in [9.17, 15) is 0 Å². The molecule has 10 heavy (non-hydrogen) atoms. The summed E-state index contributed by atoms with van der Waals surface area (Å²) in [6.45, 7) is 0. The number of hydrogen-bond acceptors (Lipinski definition) is 1. The molecule has 0 fully saturated rings. The molecule has 0 aromatic heterocycles. The molecule has 0 radical (unpaired) electrons. The molecule has 0 aliphatic rings. The molecule has 9 nitrogen and oxygen atoms in total. The van der Waals surface area contributed by atoms with Gasteiger partial charge in [0, 0.05) is 0 Å². The van der Waals surface area contributed by atoms with Crippen LogP contribution in [0, 0.1) is 0 Å². The van der Waals surface area contributed by atoms with Crippen LogP contribution in [0.25, 0.3) is 0 Å². The topological polar surface area (TPSA) is 272 Å². The van der Waals surface area contributed by atoms with E-state index in [-0.39, 0.29) is 43.8 Å². The predicted molar refractivity (Wildman–Crippen MR) is 31.1 cm³/mol. The molecule has 0 unspecified atom stereocenters. The van der Waals surface area contributed by atoms with Gasteiger partial charge in [-0.3, -0.25) is 0 Å². The molecular formula is H17O9Zr. The van der Waals surface area contributed by atoms with Gasteiger partial charge in [0.1, 0.15) is 0 Å². The van der Waals surface area contributed by atoms with E-state index >= 15 is 0 Å². The second-order valence-electron chi connectivity index (χ2n) is 0. The number of hydrogen-bond donors (Lipinski definition) is 1. The van der Waals surface area contributed by atoms with E-state index in [2.05, 4.69) is 0 Å². The third-order valence-electron chi connectivity index (χ3n) is 0. The summed E-state index contributed by atoms with van der Waals surface area (Å²) in [5, 5.41) is 0. The van der Waals surface area contributed by atoms with Crippen molar-refractivity contribution in [3.63, 3.8) is 0 Å². The molecule has 17 N–H and O–H groups in total. The maximum absolute atomic E-state index is 7.09. The molecule has 0 amide bonds. The summed E-state index contributed by atoms with van der Waals surface area (Å²) in [6, 6.07) is 0. The average molecular weight is 252 g/mol. The van der Waals surface area contributed by atoms with Gasteiger partial charge in [-0.2, -0.15) is 0 Å². The Kier molecular flexibility index (Phi) is 104000. The van der Waals surface area contributed by atoms with Gasteiger partial charge in [0.15, 0.2) is 0 Å². The normalized spacial score (nSPS) is 0.400. The van der Waals surface area contributed by atoms with Gasteiger partial charge in [-0.25, -0.2) is 0 Å². The van der Waals surface area contributed by atoms with Crippen LogP contribution in [0.4, 0.5) is 0 Å². The standard InChI is InChI=1S/9H2O.Zr/h9*1H2;/q;;;;;;;;;+1/p-1. The SMILES string of the molecule is O.O.O.O.O.O.O.O.[OH][Zr]. The van der Waals surface area contributed by atoms with Crippen LogP contribution >= 0.6 is 0 Å². The van der Waals surface area contributed by atoms with Crippen molar-refractivity contribution in [2.75, 3.05) is 0 Å². The summed E-state index contributed by atoms with van der Waals surface area (Å²) in [7, 11) is 0. The second-order valence-corrected chi connectivity index (χ2v) is 0. The minimum absolute atomic E-state index is 0. The van der Waals surface area contributed by atoms with Gasteiger partial charge in [0.25, 0.3) is 0 Å². The first-order chi connectivity index (χ1) is 1.00. The zero-order chi connectivity index (χ0) is 2.00. The molecule has 0 aliphatic carbocycles. The second kappa shape index (κ2) is 2530. The van der Waals surface area contributed by atoms with Gasteiger partial charge in [0.2, 0.25) is 0 Å². The zero-order valence-corrected chi connectivity index (χ0v) is 7.41. The van der Waals surface area contributed by atoms with E-state index in [0.717, 1.165) is 0 Å². The van der Waals surface area contributed by atoms with Crippen molar-refractivity contribution in [3.05, 3.63) is 0 Å². The third-order valence-corrected chi connectivity index (χ3v) is 0. The van der Waals surface area contributed by atoms with Gasteiger partial charge in [0.05, 0.1) is 0 Å². The Labute approximate surface area is 72.6 Å². The molecule has 0 spiro atoms. The van der Waals surface area contributed by atoms with Crippen molar-refractivity contribution >= 4 is 0 Å².